The molecule has 2 aliphatic heterocycles. The Bertz CT molecular complexity index is 892. The highest BCUT2D eigenvalue weighted by Gasteiger charge is 2.15. The second-order valence-electron chi connectivity index (χ2n) is 5.13. The molecule has 0 bridgehead atoms. The summed E-state index contributed by atoms with van der Waals surface area (Å²) in [5, 5.41) is 2.47. The van der Waals surface area contributed by atoms with Crippen LogP contribution in [0.5, 0.6) is 0 Å². The van der Waals surface area contributed by atoms with Crippen molar-refractivity contribution in [2.24, 2.45) is 7.05 Å². The van der Waals surface area contributed by atoms with Crippen LogP contribution < -0.4 is 0 Å². The van der Waals surface area contributed by atoms with Crippen molar-refractivity contribution >= 4 is 45.8 Å². The molecule has 0 saturated carbocycles. The molecule has 0 atom stereocenters. The largest absolute Gasteiger partial charge is 0.342 e. The summed E-state index contributed by atoms with van der Waals surface area (Å²) in [7, 11) is 2.12. The fourth-order valence-electron chi connectivity index (χ4n) is 2.91. The van der Waals surface area contributed by atoms with Crippen LogP contribution in [0.15, 0.2) is 48.5 Å². The minimum Gasteiger partial charge on any atom is -0.342 e. The maximum absolute atomic E-state index is 4.73. The Morgan fingerprint density at radius 2 is 1.80 bits per heavy atom. The second-order valence-corrected chi connectivity index (χ2v) is 5.13. The monoisotopic (exact) mass is 374 g/mol. The van der Waals surface area contributed by atoms with Crippen molar-refractivity contribution in [3.05, 3.63) is 54.1 Å². The molecule has 2 aliphatic rings. The van der Waals surface area contributed by atoms with E-state index in [1.54, 1.807) is 0 Å². The van der Waals surface area contributed by atoms with E-state index in [2.05, 4.69) is 61.0 Å². The molecule has 100 valence electrons. The molecular weight excluding hydrogens is 359 g/mol. The zero-order chi connectivity index (χ0) is 13.0. The van der Waals surface area contributed by atoms with Gasteiger partial charge in [-0.15, -0.1) is 24.0 Å². The van der Waals surface area contributed by atoms with Gasteiger partial charge in [0.2, 0.25) is 0 Å². The lowest BCUT2D eigenvalue weighted by Gasteiger charge is -2.12. The zero-order valence-electron chi connectivity index (χ0n) is 11.4. The molecule has 0 spiro atoms. The lowest BCUT2D eigenvalue weighted by atomic mass is 10.1. The lowest BCUT2D eigenvalue weighted by Crippen LogP contribution is -1.98. The SMILES string of the molecule is Cc1ccc2c(c1)cc1nc3ccccc3c-1n2C.I. The molecule has 0 aliphatic carbocycles. The van der Waals surface area contributed by atoms with Gasteiger partial charge in [-0.1, -0.05) is 29.8 Å². The van der Waals surface area contributed by atoms with Gasteiger partial charge in [0.15, 0.2) is 0 Å². The van der Waals surface area contributed by atoms with Crippen molar-refractivity contribution < 1.29 is 0 Å². The summed E-state index contributed by atoms with van der Waals surface area (Å²) >= 11 is 0. The molecule has 0 fully saturated rings. The topological polar surface area (TPSA) is 17.8 Å². The minimum absolute atomic E-state index is 0. The molecule has 2 heterocycles. The first-order valence-electron chi connectivity index (χ1n) is 6.48. The quantitative estimate of drug-likeness (QED) is 0.406. The summed E-state index contributed by atoms with van der Waals surface area (Å²) in [5.41, 5.74) is 5.88. The smallest absolute Gasteiger partial charge is 0.0887 e. The summed E-state index contributed by atoms with van der Waals surface area (Å²) < 4.78 is 2.25. The van der Waals surface area contributed by atoms with Gasteiger partial charge in [-0.05, 0) is 31.2 Å². The van der Waals surface area contributed by atoms with Crippen LogP contribution in [0.25, 0.3) is 33.2 Å². The van der Waals surface area contributed by atoms with E-state index < -0.39 is 0 Å². The predicted octanol–water partition coefficient (Wildman–Crippen LogP) is 4.76. The number of para-hydroxylation sites is 1. The van der Waals surface area contributed by atoms with Crippen LogP contribution in [0.4, 0.5) is 0 Å². The highest BCUT2D eigenvalue weighted by Crippen LogP contribution is 2.34. The van der Waals surface area contributed by atoms with E-state index in [9.17, 15) is 0 Å². The van der Waals surface area contributed by atoms with Crippen LogP contribution in [-0.4, -0.2) is 9.55 Å². The third-order valence-electron chi connectivity index (χ3n) is 3.81. The Labute approximate surface area is 134 Å². The van der Waals surface area contributed by atoms with Gasteiger partial charge in [-0.2, -0.15) is 0 Å². The molecule has 2 aromatic rings. The first-order valence-corrected chi connectivity index (χ1v) is 6.48. The first kappa shape index (κ1) is 13.4. The van der Waals surface area contributed by atoms with E-state index in [1.165, 1.54) is 27.5 Å². The molecule has 20 heavy (non-hydrogen) atoms. The standard InChI is InChI=1S/C17H14N2.HI/c1-11-7-8-16-12(9-11)10-15-17(19(16)2)13-5-3-4-6-14(13)18-15;/h3-10H,1-2H3;1H. The molecule has 2 aromatic carbocycles. The number of fused-ring (bicyclic) bond motifs is 4. The fraction of sp³-hybridized carbons (Fsp3) is 0.118. The number of hydrogen-bond acceptors (Lipinski definition) is 1. The number of pyridine rings is 1. The van der Waals surface area contributed by atoms with E-state index in [4.69, 9.17) is 4.98 Å². The number of nitrogens with zero attached hydrogens (tertiary/aromatic N) is 2. The maximum Gasteiger partial charge on any atom is 0.0887 e. The van der Waals surface area contributed by atoms with Crippen molar-refractivity contribution in [2.75, 3.05) is 0 Å². The molecule has 0 aromatic heterocycles. The summed E-state index contributed by atoms with van der Waals surface area (Å²) in [6.45, 7) is 2.12. The summed E-state index contributed by atoms with van der Waals surface area (Å²) in [5.74, 6) is 0. The van der Waals surface area contributed by atoms with Gasteiger partial charge < -0.3 is 4.57 Å². The average Bonchev–Trinajstić information content (AvgIpc) is 2.76. The van der Waals surface area contributed by atoms with E-state index in [1.807, 2.05) is 6.07 Å². The molecule has 0 unspecified atom stereocenters. The normalized spacial score (nSPS) is 11.1. The summed E-state index contributed by atoms with van der Waals surface area (Å²) in [4.78, 5) is 4.73. The predicted molar refractivity (Wildman–Crippen MR) is 95.0 cm³/mol. The van der Waals surface area contributed by atoms with Crippen LogP contribution >= 0.6 is 24.0 Å². The highest BCUT2D eigenvalue weighted by molar-refractivity contribution is 14.0. The average molecular weight is 374 g/mol. The van der Waals surface area contributed by atoms with Crippen LogP contribution in [0, 0.1) is 6.92 Å². The van der Waals surface area contributed by atoms with Crippen molar-refractivity contribution in [1.82, 2.24) is 9.55 Å². The van der Waals surface area contributed by atoms with Crippen LogP contribution in [-0.2, 0) is 7.05 Å². The Morgan fingerprint density at radius 3 is 2.65 bits per heavy atom. The Balaban J connectivity index is 0.00000121. The molecule has 0 saturated heterocycles. The number of hydrogen-bond donors (Lipinski definition) is 0. The molecule has 0 amide bonds. The van der Waals surface area contributed by atoms with Gasteiger partial charge in [0.1, 0.15) is 0 Å². The number of halogens is 1. The summed E-state index contributed by atoms with van der Waals surface area (Å²) in [6.07, 6.45) is 0. The molecular formula is C17H15IN2. The molecule has 0 radical (unpaired) electrons. The third kappa shape index (κ3) is 1.80. The Hall–Kier alpha value is -1.62. The Kier molecular flexibility index (Phi) is 3.17. The number of aryl methyl sites for hydroxylation is 2. The minimum atomic E-state index is 0. The number of aromatic nitrogens is 2. The molecule has 3 heteroatoms. The maximum atomic E-state index is 4.73. The highest BCUT2D eigenvalue weighted by atomic mass is 127. The fourth-order valence-corrected chi connectivity index (χ4v) is 2.91. The second kappa shape index (κ2) is 4.74. The van der Waals surface area contributed by atoms with E-state index in [0.29, 0.717) is 0 Å². The number of benzene rings is 2. The van der Waals surface area contributed by atoms with E-state index >= 15 is 0 Å². The van der Waals surface area contributed by atoms with E-state index in [-0.39, 0.29) is 24.0 Å². The van der Waals surface area contributed by atoms with Crippen LogP contribution in [0.2, 0.25) is 0 Å². The zero-order valence-corrected chi connectivity index (χ0v) is 13.8. The van der Waals surface area contributed by atoms with E-state index in [0.717, 1.165) is 11.2 Å². The van der Waals surface area contributed by atoms with Gasteiger partial charge in [0.05, 0.1) is 16.9 Å². The molecule has 0 N–H and O–H groups in total. The van der Waals surface area contributed by atoms with Gasteiger partial charge in [0.25, 0.3) is 0 Å². The van der Waals surface area contributed by atoms with Crippen molar-refractivity contribution in [2.45, 2.75) is 6.92 Å². The molecule has 2 nitrogen and oxygen atoms in total. The van der Waals surface area contributed by atoms with Gasteiger partial charge in [0, 0.05) is 23.3 Å². The summed E-state index contributed by atoms with van der Waals surface area (Å²) in [6, 6.07) is 17.1. The van der Waals surface area contributed by atoms with Crippen molar-refractivity contribution in [1.29, 1.82) is 0 Å². The van der Waals surface area contributed by atoms with Crippen molar-refractivity contribution in [3.8, 4) is 11.4 Å². The van der Waals surface area contributed by atoms with Gasteiger partial charge in [-0.3, -0.25) is 0 Å². The van der Waals surface area contributed by atoms with Crippen LogP contribution in [0.3, 0.4) is 0 Å². The van der Waals surface area contributed by atoms with Crippen LogP contribution in [0.1, 0.15) is 5.56 Å². The Morgan fingerprint density at radius 1 is 1.00 bits per heavy atom. The number of rotatable bonds is 0. The lowest BCUT2D eigenvalue weighted by molar-refractivity contribution is 0.967. The van der Waals surface area contributed by atoms with Gasteiger partial charge in [-0.25, -0.2) is 4.98 Å². The first-order chi connectivity index (χ1) is 9.24. The van der Waals surface area contributed by atoms with Crippen molar-refractivity contribution in [3.63, 3.8) is 0 Å². The third-order valence-corrected chi connectivity index (χ3v) is 3.81. The van der Waals surface area contributed by atoms with Gasteiger partial charge >= 0.3 is 0 Å². The molecule has 4 rings (SSSR count).